The zero-order chi connectivity index (χ0) is 18.2. The molecule has 5 nitrogen and oxygen atoms in total. The van der Waals surface area contributed by atoms with Crippen molar-refractivity contribution < 1.29 is 9.53 Å². The van der Waals surface area contributed by atoms with Gasteiger partial charge in [-0.3, -0.25) is 9.78 Å². The molecule has 0 aliphatic rings. The van der Waals surface area contributed by atoms with Gasteiger partial charge < -0.3 is 10.1 Å². The van der Waals surface area contributed by atoms with Crippen molar-refractivity contribution in [2.45, 2.75) is 20.0 Å². The predicted octanol–water partition coefficient (Wildman–Crippen LogP) is 3.59. The molecule has 0 saturated carbocycles. The monoisotopic (exact) mass is 347 g/mol. The van der Waals surface area contributed by atoms with E-state index in [4.69, 9.17) is 4.74 Å². The van der Waals surface area contributed by atoms with Crippen LogP contribution in [-0.2, 0) is 17.8 Å². The molecule has 0 spiro atoms. The molecular formula is C21H21N3O2. The fraction of sp³-hybridized carbons (Fsp3) is 0.190. The fourth-order valence-corrected chi connectivity index (χ4v) is 2.54. The van der Waals surface area contributed by atoms with Crippen molar-refractivity contribution in [2.75, 3.05) is 11.9 Å². The Hall–Kier alpha value is -3.21. The molecular weight excluding hydrogens is 326 g/mol. The lowest BCUT2D eigenvalue weighted by molar-refractivity contribution is -0.116. The van der Waals surface area contributed by atoms with Gasteiger partial charge in [0.1, 0.15) is 18.2 Å². The van der Waals surface area contributed by atoms with Crippen LogP contribution in [0.3, 0.4) is 0 Å². The number of ketones is 1. The molecule has 3 rings (SSSR count). The average Bonchev–Trinajstić information content (AvgIpc) is 2.68. The number of hydrogen-bond acceptors (Lipinski definition) is 5. The van der Waals surface area contributed by atoms with Crippen molar-refractivity contribution in [1.29, 1.82) is 0 Å². The number of carbonyl (C=O) groups is 1. The number of rotatable bonds is 8. The molecule has 5 heteroatoms. The van der Waals surface area contributed by atoms with E-state index in [9.17, 15) is 4.79 Å². The molecule has 0 aliphatic carbocycles. The molecule has 3 aromatic rings. The summed E-state index contributed by atoms with van der Waals surface area (Å²) in [6, 6.07) is 17.4. The van der Waals surface area contributed by atoms with Crippen LogP contribution in [0.15, 0.2) is 67.0 Å². The number of benzene rings is 1. The number of anilines is 1. The molecule has 1 aromatic carbocycles. The molecule has 0 bridgehead atoms. The number of pyridine rings is 2. The van der Waals surface area contributed by atoms with Gasteiger partial charge in [-0.25, -0.2) is 4.98 Å². The number of nitrogens with one attached hydrogen (secondary N) is 1. The smallest absolute Gasteiger partial charge is 0.157 e. The normalized spacial score (nSPS) is 10.3. The Morgan fingerprint density at radius 2 is 1.81 bits per heavy atom. The lowest BCUT2D eigenvalue weighted by Crippen LogP contribution is -2.17. The minimum atomic E-state index is 0.0560. The third-order valence-electron chi connectivity index (χ3n) is 3.95. The van der Waals surface area contributed by atoms with E-state index in [0.29, 0.717) is 18.8 Å². The Labute approximate surface area is 153 Å². The van der Waals surface area contributed by atoms with Crippen LogP contribution in [0.25, 0.3) is 0 Å². The molecule has 0 saturated heterocycles. The first-order chi connectivity index (χ1) is 12.7. The second-order valence-electron chi connectivity index (χ2n) is 5.95. The number of nitrogens with zero attached hydrogens (tertiary/aromatic N) is 2. The first kappa shape index (κ1) is 17.6. The minimum Gasteiger partial charge on any atom is -0.488 e. The Morgan fingerprint density at radius 1 is 1.00 bits per heavy atom. The van der Waals surface area contributed by atoms with Gasteiger partial charge in [-0.05, 0) is 30.7 Å². The fourth-order valence-electron chi connectivity index (χ4n) is 2.54. The van der Waals surface area contributed by atoms with Gasteiger partial charge in [-0.2, -0.15) is 0 Å². The molecule has 0 radical (unpaired) electrons. The number of aromatic nitrogens is 2. The second-order valence-corrected chi connectivity index (χ2v) is 5.95. The Morgan fingerprint density at radius 3 is 2.58 bits per heavy atom. The molecule has 0 fully saturated rings. The van der Waals surface area contributed by atoms with Crippen molar-refractivity contribution in [3.8, 4) is 5.75 Å². The summed E-state index contributed by atoms with van der Waals surface area (Å²) in [4.78, 5) is 20.6. The SMILES string of the molecule is Cc1c(OCc2ccccc2)ccnc1NCC(=O)Cc1ccccn1. The van der Waals surface area contributed by atoms with E-state index >= 15 is 0 Å². The van der Waals surface area contributed by atoms with Crippen molar-refractivity contribution >= 4 is 11.6 Å². The van der Waals surface area contributed by atoms with Crippen molar-refractivity contribution in [3.05, 3.63) is 83.8 Å². The van der Waals surface area contributed by atoms with Gasteiger partial charge in [0.2, 0.25) is 0 Å². The highest BCUT2D eigenvalue weighted by Crippen LogP contribution is 2.24. The van der Waals surface area contributed by atoms with Crippen molar-refractivity contribution in [2.24, 2.45) is 0 Å². The molecule has 0 aliphatic heterocycles. The lowest BCUT2D eigenvalue weighted by Gasteiger charge is -2.13. The summed E-state index contributed by atoms with van der Waals surface area (Å²) in [7, 11) is 0. The second kappa shape index (κ2) is 8.76. The van der Waals surface area contributed by atoms with E-state index in [2.05, 4.69) is 15.3 Å². The van der Waals surface area contributed by atoms with Crippen molar-refractivity contribution in [1.82, 2.24) is 9.97 Å². The molecule has 0 amide bonds. The van der Waals surface area contributed by atoms with Crippen LogP contribution < -0.4 is 10.1 Å². The van der Waals surface area contributed by atoms with E-state index in [1.54, 1.807) is 12.4 Å². The van der Waals surface area contributed by atoms with Crippen LogP contribution in [0.1, 0.15) is 16.8 Å². The minimum absolute atomic E-state index is 0.0560. The van der Waals surface area contributed by atoms with Gasteiger partial charge in [-0.1, -0.05) is 36.4 Å². The maximum atomic E-state index is 12.1. The van der Waals surface area contributed by atoms with E-state index < -0.39 is 0 Å². The maximum Gasteiger partial charge on any atom is 0.157 e. The molecule has 2 heterocycles. The van der Waals surface area contributed by atoms with Gasteiger partial charge >= 0.3 is 0 Å². The predicted molar refractivity (Wildman–Crippen MR) is 101 cm³/mol. The zero-order valence-electron chi connectivity index (χ0n) is 14.7. The number of carbonyl (C=O) groups excluding carboxylic acids is 1. The van der Waals surface area contributed by atoms with E-state index in [-0.39, 0.29) is 12.3 Å². The van der Waals surface area contributed by atoms with Gasteiger partial charge in [0.05, 0.1) is 13.0 Å². The molecule has 26 heavy (non-hydrogen) atoms. The van der Waals surface area contributed by atoms with E-state index in [1.807, 2.05) is 61.5 Å². The highest BCUT2D eigenvalue weighted by atomic mass is 16.5. The van der Waals surface area contributed by atoms with Crippen LogP contribution in [0.5, 0.6) is 5.75 Å². The third kappa shape index (κ3) is 4.89. The van der Waals surface area contributed by atoms with Gasteiger partial charge in [0.25, 0.3) is 0 Å². The molecule has 2 aromatic heterocycles. The number of ether oxygens (including phenoxy) is 1. The van der Waals surface area contributed by atoms with Crippen LogP contribution in [0, 0.1) is 6.92 Å². The highest BCUT2D eigenvalue weighted by molar-refractivity contribution is 5.84. The first-order valence-electron chi connectivity index (χ1n) is 8.50. The van der Waals surface area contributed by atoms with Gasteiger partial charge in [0.15, 0.2) is 5.78 Å². The van der Waals surface area contributed by atoms with Gasteiger partial charge in [-0.15, -0.1) is 0 Å². The topological polar surface area (TPSA) is 64.1 Å². The Bertz CT molecular complexity index is 852. The quantitative estimate of drug-likeness (QED) is 0.675. The van der Waals surface area contributed by atoms with Crippen LogP contribution >= 0.6 is 0 Å². The number of Topliss-reactive ketones (excluding diaryl/α,β-unsaturated/α-hetero) is 1. The van der Waals surface area contributed by atoms with E-state index in [0.717, 1.165) is 22.6 Å². The Kier molecular flexibility index (Phi) is 5.93. The van der Waals surface area contributed by atoms with Crippen molar-refractivity contribution in [3.63, 3.8) is 0 Å². The number of hydrogen-bond donors (Lipinski definition) is 1. The third-order valence-corrected chi connectivity index (χ3v) is 3.95. The largest absolute Gasteiger partial charge is 0.488 e. The lowest BCUT2D eigenvalue weighted by atomic mass is 10.2. The van der Waals surface area contributed by atoms with E-state index in [1.165, 1.54) is 0 Å². The highest BCUT2D eigenvalue weighted by Gasteiger charge is 2.09. The maximum absolute atomic E-state index is 12.1. The van der Waals surface area contributed by atoms with Crippen LogP contribution in [0.4, 0.5) is 5.82 Å². The molecule has 132 valence electrons. The molecule has 0 unspecified atom stereocenters. The summed E-state index contributed by atoms with van der Waals surface area (Å²) in [6.45, 7) is 2.62. The first-order valence-corrected chi connectivity index (χ1v) is 8.50. The molecule has 0 atom stereocenters. The zero-order valence-corrected chi connectivity index (χ0v) is 14.7. The summed E-state index contributed by atoms with van der Waals surface area (Å²) in [5.41, 5.74) is 2.75. The standard InChI is InChI=1S/C21H21N3O2/c1-16-20(26-15-17-7-3-2-4-8-17)10-12-23-21(16)24-14-19(25)13-18-9-5-6-11-22-18/h2-12H,13-15H2,1H3,(H,23,24). The van der Waals surface area contributed by atoms with Crippen LogP contribution in [-0.4, -0.2) is 22.3 Å². The van der Waals surface area contributed by atoms with Gasteiger partial charge in [0, 0.05) is 23.7 Å². The molecule has 1 N–H and O–H groups in total. The Balaban J connectivity index is 1.57. The summed E-state index contributed by atoms with van der Waals surface area (Å²) < 4.78 is 5.89. The summed E-state index contributed by atoms with van der Waals surface area (Å²) >= 11 is 0. The van der Waals surface area contributed by atoms with Crippen LogP contribution in [0.2, 0.25) is 0 Å². The summed E-state index contributed by atoms with van der Waals surface area (Å²) in [6.07, 6.45) is 3.67. The average molecular weight is 347 g/mol. The summed E-state index contributed by atoms with van der Waals surface area (Å²) in [5.74, 6) is 1.47. The summed E-state index contributed by atoms with van der Waals surface area (Å²) in [5, 5.41) is 3.10.